The van der Waals surface area contributed by atoms with Crippen LogP contribution in [0, 0.1) is 17.0 Å². The van der Waals surface area contributed by atoms with Gasteiger partial charge in [0, 0.05) is 35.8 Å². The van der Waals surface area contributed by atoms with Crippen molar-refractivity contribution in [3.8, 4) is 11.1 Å². The standard InChI is InChI=1S/C25H27F5N2O2S/c1-24(2,3)14-32-13-15(12-31-35(33,34)17-5-4-6-17)19-10-22(27)20(11-23(19)32)18-8-7-16(26)9-21(18)25(28,29)30/h7-11,13,17,31H,4-6,12,14H2,1-3H3. The van der Waals surface area contributed by atoms with E-state index in [1.54, 1.807) is 10.8 Å². The molecule has 0 radical (unpaired) electrons. The van der Waals surface area contributed by atoms with Gasteiger partial charge in [-0.05, 0) is 53.6 Å². The first-order valence-corrected chi connectivity index (χ1v) is 12.9. The zero-order chi connectivity index (χ0) is 25.8. The highest BCUT2D eigenvalue weighted by Gasteiger charge is 2.35. The Hall–Kier alpha value is -2.46. The van der Waals surface area contributed by atoms with Gasteiger partial charge in [0.05, 0.1) is 10.8 Å². The fraction of sp³-hybridized carbons (Fsp3) is 0.440. The molecule has 0 aliphatic heterocycles. The van der Waals surface area contributed by atoms with Gasteiger partial charge in [-0.25, -0.2) is 21.9 Å². The Bertz CT molecular complexity index is 1370. The number of sulfonamides is 1. The lowest BCUT2D eigenvalue weighted by Gasteiger charge is -2.25. The maximum Gasteiger partial charge on any atom is 0.417 e. The zero-order valence-electron chi connectivity index (χ0n) is 19.6. The molecule has 2 aromatic carbocycles. The molecule has 1 aliphatic rings. The summed E-state index contributed by atoms with van der Waals surface area (Å²) in [7, 11) is -3.52. The lowest BCUT2D eigenvalue weighted by Crippen LogP contribution is -2.38. The summed E-state index contributed by atoms with van der Waals surface area (Å²) < 4.78 is 99.1. The lowest BCUT2D eigenvalue weighted by molar-refractivity contribution is -0.137. The second kappa shape index (κ2) is 8.89. The highest BCUT2D eigenvalue weighted by molar-refractivity contribution is 7.90. The smallest absolute Gasteiger partial charge is 0.347 e. The van der Waals surface area contributed by atoms with Gasteiger partial charge in [-0.2, -0.15) is 13.2 Å². The number of halogens is 5. The molecule has 1 N–H and O–H groups in total. The number of rotatable bonds is 6. The van der Waals surface area contributed by atoms with E-state index in [1.807, 2.05) is 20.8 Å². The van der Waals surface area contributed by atoms with Crippen molar-refractivity contribution in [1.82, 2.24) is 9.29 Å². The van der Waals surface area contributed by atoms with E-state index in [2.05, 4.69) is 4.72 Å². The molecule has 35 heavy (non-hydrogen) atoms. The number of nitrogens with zero attached hydrogens (tertiary/aromatic N) is 1. The first kappa shape index (κ1) is 25.6. The molecule has 1 saturated carbocycles. The van der Waals surface area contributed by atoms with Crippen LogP contribution in [0.2, 0.25) is 0 Å². The van der Waals surface area contributed by atoms with Gasteiger partial charge in [0.2, 0.25) is 10.0 Å². The van der Waals surface area contributed by atoms with Crippen molar-refractivity contribution < 1.29 is 30.4 Å². The van der Waals surface area contributed by atoms with E-state index < -0.39 is 44.2 Å². The van der Waals surface area contributed by atoms with Gasteiger partial charge in [0.1, 0.15) is 11.6 Å². The van der Waals surface area contributed by atoms with Gasteiger partial charge in [-0.3, -0.25) is 0 Å². The van der Waals surface area contributed by atoms with Gasteiger partial charge in [-0.15, -0.1) is 0 Å². The Morgan fingerprint density at radius 3 is 2.29 bits per heavy atom. The quantitative estimate of drug-likeness (QED) is 0.376. The Morgan fingerprint density at radius 1 is 1.03 bits per heavy atom. The van der Waals surface area contributed by atoms with E-state index in [1.165, 1.54) is 6.07 Å². The Balaban J connectivity index is 1.84. The van der Waals surface area contributed by atoms with Crippen LogP contribution in [0.15, 0.2) is 36.5 Å². The predicted octanol–water partition coefficient (Wildman–Crippen LogP) is 6.62. The summed E-state index contributed by atoms with van der Waals surface area (Å²) in [5, 5.41) is -0.0319. The second-order valence-corrected chi connectivity index (χ2v) is 12.3. The molecule has 0 atom stereocenters. The van der Waals surface area contributed by atoms with Gasteiger partial charge < -0.3 is 4.57 Å². The summed E-state index contributed by atoms with van der Waals surface area (Å²) in [5.41, 5.74) is -1.28. The first-order chi connectivity index (χ1) is 16.2. The molecule has 0 amide bonds. The third kappa shape index (κ3) is 5.38. The number of fused-ring (bicyclic) bond motifs is 1. The van der Waals surface area contributed by atoms with Gasteiger partial charge in [-0.1, -0.05) is 33.3 Å². The van der Waals surface area contributed by atoms with E-state index in [0.29, 0.717) is 41.9 Å². The molecule has 4 rings (SSSR count). The Labute approximate surface area is 201 Å². The number of aromatic nitrogens is 1. The second-order valence-electron chi connectivity index (χ2n) is 10.3. The average Bonchev–Trinajstić information content (AvgIpc) is 2.98. The monoisotopic (exact) mass is 514 g/mol. The molecule has 190 valence electrons. The molecule has 0 saturated heterocycles. The number of hydrogen-bond acceptors (Lipinski definition) is 2. The molecule has 0 unspecified atom stereocenters. The summed E-state index contributed by atoms with van der Waals surface area (Å²) in [4.78, 5) is 0. The molecule has 3 aromatic rings. The van der Waals surface area contributed by atoms with Crippen LogP contribution in [0.4, 0.5) is 22.0 Å². The SMILES string of the molecule is CC(C)(C)Cn1cc(CNS(=O)(=O)C2CCC2)c2cc(F)c(-c3ccc(F)cc3C(F)(F)F)cc21. The highest BCUT2D eigenvalue weighted by atomic mass is 32.2. The predicted molar refractivity (Wildman–Crippen MR) is 125 cm³/mol. The van der Waals surface area contributed by atoms with Crippen LogP contribution in [-0.2, 0) is 29.3 Å². The third-order valence-corrected chi connectivity index (χ3v) is 8.12. The van der Waals surface area contributed by atoms with Crippen LogP contribution < -0.4 is 4.72 Å². The van der Waals surface area contributed by atoms with Crippen LogP contribution >= 0.6 is 0 Å². The molecule has 4 nitrogen and oxygen atoms in total. The molecule has 1 aromatic heterocycles. The van der Waals surface area contributed by atoms with Crippen molar-refractivity contribution >= 4 is 20.9 Å². The van der Waals surface area contributed by atoms with Crippen LogP contribution in [-0.4, -0.2) is 18.2 Å². The fourth-order valence-corrected chi connectivity index (χ4v) is 5.88. The minimum Gasteiger partial charge on any atom is -0.347 e. The number of hydrogen-bond donors (Lipinski definition) is 1. The zero-order valence-corrected chi connectivity index (χ0v) is 20.5. The molecular weight excluding hydrogens is 487 g/mol. The highest BCUT2D eigenvalue weighted by Crippen LogP contribution is 2.40. The van der Waals surface area contributed by atoms with Crippen molar-refractivity contribution in [2.24, 2.45) is 5.41 Å². The molecule has 1 heterocycles. The summed E-state index contributed by atoms with van der Waals surface area (Å²) in [6.07, 6.45) is -1.13. The molecule has 0 spiro atoms. The van der Waals surface area contributed by atoms with E-state index >= 15 is 4.39 Å². The molecule has 0 bridgehead atoms. The van der Waals surface area contributed by atoms with E-state index in [0.717, 1.165) is 24.6 Å². The van der Waals surface area contributed by atoms with E-state index in [-0.39, 0.29) is 17.5 Å². The molecule has 1 fully saturated rings. The van der Waals surface area contributed by atoms with Gasteiger partial charge >= 0.3 is 6.18 Å². The van der Waals surface area contributed by atoms with Crippen molar-refractivity contribution in [2.75, 3.05) is 0 Å². The Morgan fingerprint density at radius 2 is 1.71 bits per heavy atom. The molecule has 10 heteroatoms. The number of nitrogens with one attached hydrogen (secondary N) is 1. The minimum absolute atomic E-state index is 0.0599. The fourth-order valence-electron chi connectivity index (χ4n) is 4.34. The lowest BCUT2D eigenvalue weighted by atomic mass is 9.96. The largest absolute Gasteiger partial charge is 0.417 e. The first-order valence-electron chi connectivity index (χ1n) is 11.3. The van der Waals surface area contributed by atoms with Crippen molar-refractivity contribution in [3.05, 3.63) is 59.3 Å². The summed E-state index contributed by atoms with van der Waals surface area (Å²) >= 11 is 0. The van der Waals surface area contributed by atoms with Crippen LogP contribution in [0.5, 0.6) is 0 Å². The number of alkyl halides is 3. The summed E-state index contributed by atoms with van der Waals surface area (Å²) in [6.45, 7) is 6.33. The topological polar surface area (TPSA) is 51.1 Å². The van der Waals surface area contributed by atoms with E-state index in [9.17, 15) is 26.0 Å². The van der Waals surface area contributed by atoms with Crippen molar-refractivity contribution in [2.45, 2.75) is 64.5 Å². The van der Waals surface area contributed by atoms with Crippen molar-refractivity contribution in [1.29, 1.82) is 0 Å². The summed E-state index contributed by atoms with van der Waals surface area (Å²) in [5.74, 6) is -1.98. The maximum absolute atomic E-state index is 15.3. The van der Waals surface area contributed by atoms with Crippen molar-refractivity contribution in [3.63, 3.8) is 0 Å². The van der Waals surface area contributed by atoms with Crippen LogP contribution in [0.1, 0.15) is 51.2 Å². The minimum atomic E-state index is -4.88. The normalized spacial score (nSPS) is 15.5. The maximum atomic E-state index is 15.3. The van der Waals surface area contributed by atoms with Gasteiger partial charge in [0.15, 0.2) is 0 Å². The molecular formula is C25H27F5N2O2S. The molecule has 1 aliphatic carbocycles. The number of benzene rings is 2. The third-order valence-electron chi connectivity index (χ3n) is 6.23. The van der Waals surface area contributed by atoms with Crippen LogP contribution in [0.3, 0.4) is 0 Å². The Kier molecular flexibility index (Phi) is 6.51. The van der Waals surface area contributed by atoms with Gasteiger partial charge in [0.25, 0.3) is 0 Å². The van der Waals surface area contributed by atoms with Crippen LogP contribution in [0.25, 0.3) is 22.0 Å². The van der Waals surface area contributed by atoms with E-state index in [4.69, 9.17) is 0 Å². The average molecular weight is 515 g/mol. The summed E-state index contributed by atoms with van der Waals surface area (Å²) in [6, 6.07) is 4.59.